The molecule has 0 amide bonds. The van der Waals surface area contributed by atoms with Gasteiger partial charge in [0.15, 0.2) is 11.6 Å². The van der Waals surface area contributed by atoms with E-state index in [-0.39, 0.29) is 5.95 Å². The van der Waals surface area contributed by atoms with Crippen LogP contribution in [0, 0.1) is 13.8 Å². The maximum atomic E-state index is 5.85. The molecule has 3 aromatic rings. The zero-order chi connectivity index (χ0) is 17.8. The number of hydrogen-bond acceptors (Lipinski definition) is 6. The number of nitrogen functional groups attached to an aromatic ring is 1. The van der Waals surface area contributed by atoms with Crippen LogP contribution in [-0.4, -0.2) is 22.0 Å². The van der Waals surface area contributed by atoms with Crippen molar-refractivity contribution in [3.05, 3.63) is 59.3 Å². The number of nitrogens with one attached hydrogen (secondary N) is 2. The molecule has 1 unspecified atom stereocenters. The third-order valence-electron chi connectivity index (χ3n) is 3.82. The molecule has 7 heteroatoms. The number of nitrogens with two attached hydrogens (primary N) is 1. The first-order valence-electron chi connectivity index (χ1n) is 8.19. The van der Waals surface area contributed by atoms with Crippen LogP contribution in [0.2, 0.25) is 0 Å². The summed E-state index contributed by atoms with van der Waals surface area (Å²) >= 11 is 0. The van der Waals surface area contributed by atoms with Crippen molar-refractivity contribution in [2.24, 2.45) is 0 Å². The van der Waals surface area contributed by atoms with E-state index in [1.54, 1.807) is 0 Å². The SMILES string of the molecule is Cc1ccc(C[NH+](C)Cc2nc(N)nc(Nc3ccccc3C)n2)o1. The van der Waals surface area contributed by atoms with E-state index in [1.807, 2.05) is 50.2 Å². The smallest absolute Gasteiger partial charge is 0.232 e. The van der Waals surface area contributed by atoms with Crippen LogP contribution in [0.5, 0.6) is 0 Å². The highest BCUT2D eigenvalue weighted by molar-refractivity contribution is 5.58. The van der Waals surface area contributed by atoms with Gasteiger partial charge >= 0.3 is 0 Å². The summed E-state index contributed by atoms with van der Waals surface area (Å²) in [6, 6.07) is 11.9. The molecule has 3 rings (SSSR count). The summed E-state index contributed by atoms with van der Waals surface area (Å²) in [6.45, 7) is 5.33. The maximum absolute atomic E-state index is 5.85. The molecule has 0 aliphatic rings. The minimum Gasteiger partial charge on any atom is -0.460 e. The number of furan rings is 1. The summed E-state index contributed by atoms with van der Waals surface area (Å²) in [6.07, 6.45) is 0. The van der Waals surface area contributed by atoms with Crippen molar-refractivity contribution < 1.29 is 9.32 Å². The minimum absolute atomic E-state index is 0.211. The van der Waals surface area contributed by atoms with Gasteiger partial charge in [-0.15, -0.1) is 0 Å². The fourth-order valence-electron chi connectivity index (χ4n) is 2.62. The topological polar surface area (TPSA) is 94.3 Å². The molecule has 0 radical (unpaired) electrons. The van der Waals surface area contributed by atoms with E-state index in [9.17, 15) is 0 Å². The van der Waals surface area contributed by atoms with Gasteiger partial charge in [-0.05, 0) is 37.6 Å². The van der Waals surface area contributed by atoms with Gasteiger partial charge < -0.3 is 20.4 Å². The lowest BCUT2D eigenvalue weighted by atomic mass is 10.2. The molecule has 2 aromatic heterocycles. The summed E-state index contributed by atoms with van der Waals surface area (Å²) in [4.78, 5) is 14.1. The van der Waals surface area contributed by atoms with E-state index in [2.05, 4.69) is 27.3 Å². The molecule has 0 bridgehead atoms. The van der Waals surface area contributed by atoms with E-state index in [1.165, 1.54) is 4.90 Å². The Bertz CT molecular complexity index is 860. The lowest BCUT2D eigenvalue weighted by Gasteiger charge is -2.13. The molecule has 0 saturated carbocycles. The summed E-state index contributed by atoms with van der Waals surface area (Å²) in [5, 5.41) is 3.21. The minimum atomic E-state index is 0.211. The second-order valence-corrected chi connectivity index (χ2v) is 6.20. The van der Waals surface area contributed by atoms with Crippen molar-refractivity contribution in [1.29, 1.82) is 0 Å². The van der Waals surface area contributed by atoms with E-state index in [0.717, 1.165) is 29.3 Å². The van der Waals surface area contributed by atoms with Gasteiger partial charge in [0.1, 0.15) is 18.8 Å². The molecular weight excluding hydrogens is 316 g/mol. The Balaban J connectivity index is 1.71. The van der Waals surface area contributed by atoms with Crippen LogP contribution in [0.3, 0.4) is 0 Å². The highest BCUT2D eigenvalue weighted by atomic mass is 16.3. The average molecular weight is 339 g/mol. The van der Waals surface area contributed by atoms with Crippen LogP contribution >= 0.6 is 0 Å². The van der Waals surface area contributed by atoms with Crippen LogP contribution in [0.1, 0.15) is 22.9 Å². The zero-order valence-corrected chi connectivity index (χ0v) is 14.7. The Labute approximate surface area is 146 Å². The van der Waals surface area contributed by atoms with Crippen LogP contribution in [0.4, 0.5) is 17.6 Å². The summed E-state index contributed by atoms with van der Waals surface area (Å²) in [5.74, 6) is 3.16. The average Bonchev–Trinajstić information content (AvgIpc) is 2.94. The number of hydrogen-bond donors (Lipinski definition) is 3. The normalized spacial score (nSPS) is 12.1. The standard InChI is InChI=1S/C18H22N6O/c1-12-6-4-5-7-15(12)20-18-22-16(21-17(19)23-18)11-24(3)10-14-9-8-13(2)25-14/h4-9H,10-11H2,1-3H3,(H3,19,20,21,22,23)/p+1. The first-order valence-corrected chi connectivity index (χ1v) is 8.19. The number of aryl methyl sites for hydroxylation is 2. The summed E-state index contributed by atoms with van der Waals surface area (Å²) in [7, 11) is 2.06. The van der Waals surface area contributed by atoms with Gasteiger partial charge in [0, 0.05) is 5.69 Å². The van der Waals surface area contributed by atoms with Crippen LogP contribution in [-0.2, 0) is 13.1 Å². The van der Waals surface area contributed by atoms with Crippen molar-refractivity contribution >= 4 is 17.6 Å². The first kappa shape index (κ1) is 16.9. The molecule has 7 nitrogen and oxygen atoms in total. The van der Waals surface area contributed by atoms with Crippen LogP contribution < -0.4 is 16.0 Å². The number of nitrogens with zero attached hydrogens (tertiary/aromatic N) is 3. The quantitative estimate of drug-likeness (QED) is 0.632. The second kappa shape index (κ2) is 7.31. The van der Waals surface area contributed by atoms with Crippen molar-refractivity contribution in [3.63, 3.8) is 0 Å². The van der Waals surface area contributed by atoms with Gasteiger partial charge in [-0.1, -0.05) is 18.2 Å². The van der Waals surface area contributed by atoms with Crippen molar-refractivity contribution in [1.82, 2.24) is 15.0 Å². The fraction of sp³-hybridized carbons (Fsp3) is 0.278. The van der Waals surface area contributed by atoms with Crippen LogP contribution in [0.25, 0.3) is 0 Å². The van der Waals surface area contributed by atoms with Gasteiger partial charge in [-0.25, -0.2) is 0 Å². The lowest BCUT2D eigenvalue weighted by Crippen LogP contribution is -3.06. The predicted molar refractivity (Wildman–Crippen MR) is 96.4 cm³/mol. The summed E-state index contributed by atoms with van der Waals surface area (Å²) in [5.41, 5.74) is 7.91. The largest absolute Gasteiger partial charge is 0.460 e. The second-order valence-electron chi connectivity index (χ2n) is 6.20. The molecule has 0 spiro atoms. The molecule has 0 aliphatic carbocycles. The van der Waals surface area contributed by atoms with Gasteiger partial charge in [-0.2, -0.15) is 15.0 Å². The predicted octanol–water partition coefficient (Wildman–Crippen LogP) is 1.62. The molecular formula is C18H23N6O+. The van der Waals surface area contributed by atoms with E-state index in [4.69, 9.17) is 10.2 Å². The van der Waals surface area contributed by atoms with Gasteiger partial charge in [-0.3, -0.25) is 0 Å². The highest BCUT2D eigenvalue weighted by Gasteiger charge is 2.13. The Morgan fingerprint density at radius 3 is 2.56 bits per heavy atom. The van der Waals surface area contributed by atoms with Gasteiger partial charge in [0.05, 0.1) is 7.05 Å². The molecule has 0 fully saturated rings. The molecule has 0 saturated heterocycles. The van der Waals surface area contributed by atoms with E-state index >= 15 is 0 Å². The maximum Gasteiger partial charge on any atom is 0.232 e. The molecule has 1 atom stereocenters. The summed E-state index contributed by atoms with van der Waals surface area (Å²) < 4.78 is 5.62. The monoisotopic (exact) mass is 339 g/mol. The first-order chi connectivity index (χ1) is 12.0. The number of rotatable bonds is 6. The Morgan fingerprint density at radius 1 is 1.04 bits per heavy atom. The van der Waals surface area contributed by atoms with Crippen molar-refractivity contribution in [2.45, 2.75) is 26.9 Å². The molecule has 2 heterocycles. The van der Waals surface area contributed by atoms with Crippen molar-refractivity contribution in [3.8, 4) is 0 Å². The highest BCUT2D eigenvalue weighted by Crippen LogP contribution is 2.17. The Morgan fingerprint density at radius 2 is 1.84 bits per heavy atom. The van der Waals surface area contributed by atoms with Crippen LogP contribution in [0.15, 0.2) is 40.8 Å². The molecule has 4 N–H and O–H groups in total. The number of para-hydroxylation sites is 1. The number of benzene rings is 1. The molecule has 25 heavy (non-hydrogen) atoms. The van der Waals surface area contributed by atoms with Gasteiger partial charge in [0.2, 0.25) is 11.9 Å². The Kier molecular flexibility index (Phi) is 4.95. The van der Waals surface area contributed by atoms with Gasteiger partial charge in [0.25, 0.3) is 0 Å². The molecule has 130 valence electrons. The molecule has 0 aliphatic heterocycles. The zero-order valence-electron chi connectivity index (χ0n) is 14.7. The third kappa shape index (κ3) is 4.54. The lowest BCUT2D eigenvalue weighted by molar-refractivity contribution is -0.909. The third-order valence-corrected chi connectivity index (χ3v) is 3.82. The van der Waals surface area contributed by atoms with E-state index < -0.39 is 0 Å². The number of anilines is 3. The van der Waals surface area contributed by atoms with E-state index in [0.29, 0.717) is 18.3 Å². The fourth-order valence-corrected chi connectivity index (χ4v) is 2.62. The van der Waals surface area contributed by atoms with Crippen molar-refractivity contribution in [2.75, 3.05) is 18.1 Å². The number of quaternary nitrogens is 1. The molecule has 1 aromatic carbocycles. The number of aromatic nitrogens is 3. The Hall–Kier alpha value is -2.93.